The van der Waals surface area contributed by atoms with Gasteiger partial charge < -0.3 is 15.4 Å². The third-order valence-corrected chi connectivity index (χ3v) is 3.89. The quantitative estimate of drug-likeness (QED) is 0.900. The van der Waals surface area contributed by atoms with Crippen LogP contribution < -0.4 is 10.5 Å². The zero-order chi connectivity index (χ0) is 16.1. The number of piperidine rings is 1. The van der Waals surface area contributed by atoms with Gasteiger partial charge in [0.25, 0.3) is 0 Å². The predicted molar refractivity (Wildman–Crippen MR) is 79.6 cm³/mol. The van der Waals surface area contributed by atoms with Gasteiger partial charge in [0.2, 0.25) is 11.8 Å². The van der Waals surface area contributed by atoms with Crippen LogP contribution in [-0.4, -0.2) is 35.9 Å². The standard InChI is InChI=1S/C16H21FN2O3/c1-11-5-7-19(14(9-11)16(18)21)15(20)6-8-22-13-4-2-3-12(17)10-13/h2-4,10-11,14H,5-9H2,1H3,(H2,18,21)/t11-,14-/m1/s1. The monoisotopic (exact) mass is 308 g/mol. The summed E-state index contributed by atoms with van der Waals surface area (Å²) in [6, 6.07) is 5.22. The van der Waals surface area contributed by atoms with E-state index in [4.69, 9.17) is 10.5 Å². The molecule has 1 heterocycles. The first kappa shape index (κ1) is 16.3. The average Bonchev–Trinajstić information content (AvgIpc) is 2.47. The topological polar surface area (TPSA) is 72.6 Å². The Balaban J connectivity index is 1.87. The molecule has 1 aromatic carbocycles. The molecule has 5 nitrogen and oxygen atoms in total. The van der Waals surface area contributed by atoms with Crippen molar-refractivity contribution in [2.45, 2.75) is 32.2 Å². The lowest BCUT2D eigenvalue weighted by Gasteiger charge is -2.36. The van der Waals surface area contributed by atoms with E-state index in [1.807, 2.05) is 6.92 Å². The number of benzene rings is 1. The first-order valence-electron chi connectivity index (χ1n) is 7.44. The fourth-order valence-corrected chi connectivity index (χ4v) is 2.67. The number of likely N-dealkylation sites (tertiary alicyclic amines) is 1. The van der Waals surface area contributed by atoms with Crippen LogP contribution in [0.4, 0.5) is 4.39 Å². The second-order valence-corrected chi connectivity index (χ2v) is 5.69. The van der Waals surface area contributed by atoms with Crippen LogP contribution in [0.3, 0.4) is 0 Å². The maximum absolute atomic E-state index is 13.0. The smallest absolute Gasteiger partial charge is 0.240 e. The van der Waals surface area contributed by atoms with Crippen molar-refractivity contribution in [2.75, 3.05) is 13.2 Å². The number of ether oxygens (including phenoxy) is 1. The van der Waals surface area contributed by atoms with E-state index in [0.29, 0.717) is 24.6 Å². The molecule has 0 aromatic heterocycles. The van der Waals surface area contributed by atoms with Gasteiger partial charge in [-0.05, 0) is 30.9 Å². The third kappa shape index (κ3) is 4.19. The Kier molecular flexibility index (Phi) is 5.35. The minimum Gasteiger partial charge on any atom is -0.493 e. The Morgan fingerprint density at radius 2 is 2.23 bits per heavy atom. The highest BCUT2D eigenvalue weighted by Gasteiger charge is 2.33. The van der Waals surface area contributed by atoms with Crippen LogP contribution in [-0.2, 0) is 9.59 Å². The van der Waals surface area contributed by atoms with Crippen molar-refractivity contribution >= 4 is 11.8 Å². The van der Waals surface area contributed by atoms with Crippen LogP contribution in [0.15, 0.2) is 24.3 Å². The van der Waals surface area contributed by atoms with Crippen LogP contribution >= 0.6 is 0 Å². The molecule has 2 amide bonds. The van der Waals surface area contributed by atoms with Crippen molar-refractivity contribution in [2.24, 2.45) is 11.7 Å². The molecular formula is C16H21FN2O3. The van der Waals surface area contributed by atoms with E-state index >= 15 is 0 Å². The summed E-state index contributed by atoms with van der Waals surface area (Å²) in [6.07, 6.45) is 1.60. The van der Waals surface area contributed by atoms with Crippen LogP contribution in [0.2, 0.25) is 0 Å². The number of nitrogens with two attached hydrogens (primary N) is 1. The van der Waals surface area contributed by atoms with Gasteiger partial charge in [0, 0.05) is 12.6 Å². The minimum atomic E-state index is -0.537. The van der Waals surface area contributed by atoms with Gasteiger partial charge in [-0.2, -0.15) is 0 Å². The summed E-state index contributed by atoms with van der Waals surface area (Å²) >= 11 is 0. The van der Waals surface area contributed by atoms with E-state index in [1.165, 1.54) is 17.0 Å². The molecule has 0 bridgehead atoms. The number of primary amides is 1. The number of hydrogen-bond acceptors (Lipinski definition) is 3. The minimum absolute atomic E-state index is 0.134. The van der Waals surface area contributed by atoms with Gasteiger partial charge in [0.05, 0.1) is 13.0 Å². The van der Waals surface area contributed by atoms with Crippen molar-refractivity contribution in [3.8, 4) is 5.75 Å². The summed E-state index contributed by atoms with van der Waals surface area (Å²) in [7, 11) is 0. The van der Waals surface area contributed by atoms with Crippen LogP contribution in [0.25, 0.3) is 0 Å². The molecule has 120 valence electrons. The Labute approximate surface area is 129 Å². The van der Waals surface area contributed by atoms with E-state index in [-0.39, 0.29) is 24.8 Å². The van der Waals surface area contributed by atoms with Crippen molar-refractivity contribution < 1.29 is 18.7 Å². The highest BCUT2D eigenvalue weighted by Crippen LogP contribution is 2.23. The predicted octanol–water partition coefficient (Wildman–Crippen LogP) is 1.71. The zero-order valence-electron chi connectivity index (χ0n) is 12.6. The van der Waals surface area contributed by atoms with Crippen LogP contribution in [0, 0.1) is 11.7 Å². The molecule has 2 rings (SSSR count). The maximum atomic E-state index is 13.0. The number of carbonyl (C=O) groups is 2. The number of halogens is 1. The SMILES string of the molecule is C[C@@H]1CCN(C(=O)CCOc2cccc(F)c2)[C@@H](C(N)=O)C1. The van der Waals surface area contributed by atoms with Gasteiger partial charge in [0.1, 0.15) is 17.6 Å². The first-order chi connectivity index (χ1) is 10.5. The summed E-state index contributed by atoms with van der Waals surface area (Å²) in [5.74, 6) is -0.252. The van der Waals surface area contributed by atoms with Crippen LogP contribution in [0.5, 0.6) is 5.75 Å². The van der Waals surface area contributed by atoms with Gasteiger partial charge in [-0.1, -0.05) is 13.0 Å². The number of hydrogen-bond donors (Lipinski definition) is 1. The van der Waals surface area contributed by atoms with Crippen molar-refractivity contribution in [3.63, 3.8) is 0 Å². The van der Waals surface area contributed by atoms with Crippen LogP contribution in [0.1, 0.15) is 26.2 Å². The normalized spacial score (nSPS) is 21.5. The summed E-state index contributed by atoms with van der Waals surface area (Å²) in [5, 5.41) is 0. The molecule has 2 N–H and O–H groups in total. The molecular weight excluding hydrogens is 287 g/mol. The molecule has 0 unspecified atom stereocenters. The largest absolute Gasteiger partial charge is 0.493 e. The fraction of sp³-hybridized carbons (Fsp3) is 0.500. The number of nitrogens with zero attached hydrogens (tertiary/aromatic N) is 1. The van der Waals surface area contributed by atoms with E-state index < -0.39 is 11.9 Å². The molecule has 0 radical (unpaired) electrons. The fourth-order valence-electron chi connectivity index (χ4n) is 2.67. The lowest BCUT2D eigenvalue weighted by atomic mass is 9.92. The molecule has 1 aliphatic heterocycles. The van der Waals surface area contributed by atoms with E-state index in [0.717, 1.165) is 6.42 Å². The molecule has 6 heteroatoms. The zero-order valence-corrected chi connectivity index (χ0v) is 12.6. The van der Waals surface area contributed by atoms with Gasteiger partial charge in [-0.15, -0.1) is 0 Å². The van der Waals surface area contributed by atoms with Gasteiger partial charge in [-0.25, -0.2) is 4.39 Å². The Morgan fingerprint density at radius 1 is 1.45 bits per heavy atom. The summed E-state index contributed by atoms with van der Waals surface area (Å²) < 4.78 is 18.4. The highest BCUT2D eigenvalue weighted by molar-refractivity contribution is 5.86. The van der Waals surface area contributed by atoms with E-state index in [2.05, 4.69) is 0 Å². The highest BCUT2D eigenvalue weighted by atomic mass is 19.1. The Bertz CT molecular complexity index is 550. The number of amides is 2. The molecule has 1 fully saturated rings. The van der Waals surface area contributed by atoms with E-state index in [9.17, 15) is 14.0 Å². The molecule has 1 saturated heterocycles. The Hall–Kier alpha value is -2.11. The van der Waals surface area contributed by atoms with Crippen molar-refractivity contribution in [1.82, 2.24) is 4.90 Å². The van der Waals surface area contributed by atoms with Gasteiger partial charge in [-0.3, -0.25) is 9.59 Å². The molecule has 0 aliphatic carbocycles. The molecule has 0 saturated carbocycles. The number of carbonyl (C=O) groups excluding carboxylic acids is 2. The van der Waals surface area contributed by atoms with Gasteiger partial charge >= 0.3 is 0 Å². The lowest BCUT2D eigenvalue weighted by Crippen LogP contribution is -2.52. The van der Waals surface area contributed by atoms with Gasteiger partial charge in [0.15, 0.2) is 0 Å². The average molecular weight is 308 g/mol. The molecule has 0 spiro atoms. The second-order valence-electron chi connectivity index (χ2n) is 5.69. The molecule has 1 aromatic rings. The van der Waals surface area contributed by atoms with Crippen molar-refractivity contribution in [1.29, 1.82) is 0 Å². The Morgan fingerprint density at radius 3 is 2.91 bits per heavy atom. The molecule has 1 aliphatic rings. The molecule has 2 atom stereocenters. The van der Waals surface area contributed by atoms with E-state index in [1.54, 1.807) is 12.1 Å². The lowest BCUT2D eigenvalue weighted by molar-refractivity contribution is -0.142. The first-order valence-corrected chi connectivity index (χ1v) is 7.44. The molecule has 22 heavy (non-hydrogen) atoms. The second kappa shape index (κ2) is 7.24. The number of rotatable bonds is 5. The van der Waals surface area contributed by atoms with Crippen molar-refractivity contribution in [3.05, 3.63) is 30.1 Å². The third-order valence-electron chi connectivity index (χ3n) is 3.89. The summed E-state index contributed by atoms with van der Waals surface area (Å²) in [4.78, 5) is 25.3. The summed E-state index contributed by atoms with van der Waals surface area (Å²) in [5.41, 5.74) is 5.39. The summed E-state index contributed by atoms with van der Waals surface area (Å²) in [6.45, 7) is 2.72. The maximum Gasteiger partial charge on any atom is 0.240 e.